The smallest absolute Gasteiger partial charge is 0.203 e. The Morgan fingerprint density at radius 3 is 2.17 bits per heavy atom. The highest BCUT2D eigenvalue weighted by Crippen LogP contribution is 2.38. The minimum absolute atomic E-state index is 0.617. The molecule has 0 fully saturated rings. The van der Waals surface area contributed by atoms with Crippen LogP contribution in [0, 0.1) is 0 Å². The zero-order chi connectivity index (χ0) is 17.1. The fourth-order valence-corrected chi connectivity index (χ4v) is 3.03. The first-order valence-electron chi connectivity index (χ1n) is 7.83. The van der Waals surface area contributed by atoms with Crippen molar-refractivity contribution >= 4 is 10.8 Å². The van der Waals surface area contributed by atoms with Crippen molar-refractivity contribution in [2.24, 2.45) is 7.05 Å². The number of hydrogen-bond donors (Lipinski definition) is 0. The molecule has 0 unspecified atom stereocenters. The van der Waals surface area contributed by atoms with Crippen LogP contribution in [0.15, 0.2) is 48.7 Å². The number of ether oxygens (including phenoxy) is 3. The molecule has 1 aromatic heterocycles. The van der Waals surface area contributed by atoms with E-state index in [0.29, 0.717) is 17.2 Å². The van der Waals surface area contributed by atoms with Crippen LogP contribution >= 0.6 is 0 Å². The number of fused-ring (bicyclic) bond motifs is 1. The molecule has 1 heterocycles. The number of pyridine rings is 1. The first-order chi connectivity index (χ1) is 11.7. The number of aryl methyl sites for hydroxylation is 1. The Kier molecular flexibility index (Phi) is 4.56. The Labute approximate surface area is 142 Å². The molecule has 3 aromatic rings. The molecule has 0 saturated heterocycles. The highest BCUT2D eigenvalue weighted by molar-refractivity contribution is 5.83. The molecular formula is C20H22NO3+. The van der Waals surface area contributed by atoms with E-state index >= 15 is 0 Å². The zero-order valence-electron chi connectivity index (χ0n) is 14.5. The minimum atomic E-state index is 0.617. The second kappa shape index (κ2) is 6.79. The van der Waals surface area contributed by atoms with Crippen LogP contribution < -0.4 is 18.8 Å². The molecule has 0 aliphatic rings. The number of aromatic nitrogens is 1. The van der Waals surface area contributed by atoms with Crippen molar-refractivity contribution in [1.29, 1.82) is 0 Å². The van der Waals surface area contributed by atoms with Crippen LogP contribution in [0.25, 0.3) is 10.8 Å². The Morgan fingerprint density at radius 2 is 1.54 bits per heavy atom. The molecule has 4 nitrogen and oxygen atoms in total. The third kappa shape index (κ3) is 2.87. The van der Waals surface area contributed by atoms with E-state index in [1.807, 2.05) is 12.1 Å². The van der Waals surface area contributed by atoms with Crippen LogP contribution in [0.4, 0.5) is 0 Å². The van der Waals surface area contributed by atoms with Gasteiger partial charge in [-0.15, -0.1) is 0 Å². The van der Waals surface area contributed by atoms with E-state index in [-0.39, 0.29) is 0 Å². The third-order valence-electron chi connectivity index (χ3n) is 4.27. The van der Waals surface area contributed by atoms with Gasteiger partial charge in [0.25, 0.3) is 0 Å². The zero-order valence-corrected chi connectivity index (χ0v) is 14.5. The van der Waals surface area contributed by atoms with Gasteiger partial charge in [0.05, 0.1) is 27.8 Å². The van der Waals surface area contributed by atoms with Gasteiger partial charge in [-0.1, -0.05) is 18.2 Å². The first kappa shape index (κ1) is 16.1. The van der Waals surface area contributed by atoms with Gasteiger partial charge in [0.2, 0.25) is 5.75 Å². The van der Waals surface area contributed by atoms with Crippen LogP contribution in [0.2, 0.25) is 0 Å². The normalized spacial score (nSPS) is 10.7. The lowest BCUT2D eigenvalue weighted by Crippen LogP contribution is -2.33. The van der Waals surface area contributed by atoms with Crippen molar-refractivity contribution in [2.45, 2.75) is 6.42 Å². The lowest BCUT2D eigenvalue weighted by atomic mass is 10.0. The fourth-order valence-electron chi connectivity index (χ4n) is 3.03. The summed E-state index contributed by atoms with van der Waals surface area (Å²) >= 11 is 0. The second-order valence-corrected chi connectivity index (χ2v) is 5.67. The molecule has 2 aromatic carbocycles. The van der Waals surface area contributed by atoms with Crippen molar-refractivity contribution < 1.29 is 18.8 Å². The van der Waals surface area contributed by atoms with Crippen LogP contribution in [0.1, 0.15) is 11.3 Å². The fraction of sp³-hybridized carbons (Fsp3) is 0.250. The average molecular weight is 324 g/mol. The third-order valence-corrected chi connectivity index (χ3v) is 4.27. The van der Waals surface area contributed by atoms with E-state index in [1.54, 1.807) is 21.3 Å². The van der Waals surface area contributed by atoms with Crippen molar-refractivity contribution in [3.05, 3.63) is 59.9 Å². The predicted molar refractivity (Wildman–Crippen MR) is 94.0 cm³/mol. The predicted octanol–water partition coefficient (Wildman–Crippen LogP) is 3.28. The summed E-state index contributed by atoms with van der Waals surface area (Å²) < 4.78 is 18.5. The van der Waals surface area contributed by atoms with Crippen LogP contribution in [0.3, 0.4) is 0 Å². The molecule has 0 saturated carbocycles. The highest BCUT2D eigenvalue weighted by Gasteiger charge is 2.17. The number of benzene rings is 2. The topological polar surface area (TPSA) is 31.6 Å². The molecule has 0 aliphatic carbocycles. The summed E-state index contributed by atoms with van der Waals surface area (Å²) in [6.45, 7) is 0. The van der Waals surface area contributed by atoms with E-state index < -0.39 is 0 Å². The lowest BCUT2D eigenvalue weighted by molar-refractivity contribution is -0.677. The van der Waals surface area contributed by atoms with Crippen molar-refractivity contribution in [2.75, 3.05) is 21.3 Å². The van der Waals surface area contributed by atoms with Crippen LogP contribution in [-0.4, -0.2) is 21.3 Å². The van der Waals surface area contributed by atoms with E-state index in [4.69, 9.17) is 14.2 Å². The maximum atomic E-state index is 5.46. The van der Waals surface area contributed by atoms with E-state index in [1.165, 1.54) is 16.5 Å². The molecule has 0 radical (unpaired) electrons. The minimum Gasteiger partial charge on any atom is -0.493 e. The summed E-state index contributed by atoms with van der Waals surface area (Å²) in [4.78, 5) is 0. The van der Waals surface area contributed by atoms with Crippen molar-refractivity contribution in [3.8, 4) is 17.2 Å². The maximum Gasteiger partial charge on any atom is 0.203 e. The van der Waals surface area contributed by atoms with Crippen LogP contribution in [0.5, 0.6) is 17.2 Å². The summed E-state index contributed by atoms with van der Waals surface area (Å²) in [6.07, 6.45) is 2.87. The Balaban J connectivity index is 2.10. The summed E-state index contributed by atoms with van der Waals surface area (Å²) in [5.74, 6) is 1.97. The SMILES string of the molecule is COc1cc(Cc2c3ccccc3cc[n+]2C)cc(OC)c1OC. The van der Waals surface area contributed by atoms with Gasteiger partial charge in [-0.05, 0) is 29.1 Å². The molecule has 0 spiro atoms. The molecule has 0 bridgehead atoms. The van der Waals surface area contributed by atoms with E-state index in [9.17, 15) is 0 Å². The van der Waals surface area contributed by atoms with Crippen LogP contribution in [-0.2, 0) is 13.5 Å². The Hall–Kier alpha value is -2.75. The van der Waals surface area contributed by atoms with Crippen molar-refractivity contribution in [1.82, 2.24) is 0 Å². The lowest BCUT2D eigenvalue weighted by Gasteiger charge is -2.14. The molecular weight excluding hydrogens is 302 g/mol. The number of methoxy groups -OCH3 is 3. The summed E-state index contributed by atoms with van der Waals surface area (Å²) in [6, 6.07) is 14.6. The van der Waals surface area contributed by atoms with Gasteiger partial charge >= 0.3 is 0 Å². The van der Waals surface area contributed by atoms with Gasteiger partial charge in [-0.3, -0.25) is 0 Å². The maximum absolute atomic E-state index is 5.46. The summed E-state index contributed by atoms with van der Waals surface area (Å²) in [7, 11) is 6.96. The summed E-state index contributed by atoms with van der Waals surface area (Å²) in [5, 5.41) is 2.48. The molecule has 3 rings (SSSR count). The Morgan fingerprint density at radius 1 is 0.875 bits per heavy atom. The first-order valence-corrected chi connectivity index (χ1v) is 7.83. The molecule has 0 aliphatic heterocycles. The van der Waals surface area contributed by atoms with Gasteiger partial charge < -0.3 is 14.2 Å². The highest BCUT2D eigenvalue weighted by atomic mass is 16.5. The monoisotopic (exact) mass is 324 g/mol. The molecule has 4 heteroatoms. The van der Waals surface area contributed by atoms with Gasteiger partial charge in [0, 0.05) is 11.5 Å². The van der Waals surface area contributed by atoms with Gasteiger partial charge in [-0.25, -0.2) is 4.57 Å². The molecule has 0 N–H and O–H groups in total. The van der Waals surface area contributed by atoms with E-state index in [2.05, 4.69) is 48.1 Å². The Bertz CT molecular complexity index is 849. The standard InChI is InChI=1S/C20H22NO3/c1-21-10-9-15-7-5-6-8-16(15)17(21)11-14-12-18(22-2)20(24-4)19(13-14)23-3/h5-10,12-13H,11H2,1-4H3/q+1. The van der Waals surface area contributed by atoms with E-state index in [0.717, 1.165) is 12.0 Å². The molecule has 24 heavy (non-hydrogen) atoms. The number of rotatable bonds is 5. The molecule has 0 atom stereocenters. The molecule has 0 amide bonds. The van der Waals surface area contributed by atoms with Gasteiger partial charge in [0.1, 0.15) is 7.05 Å². The van der Waals surface area contributed by atoms with Crippen molar-refractivity contribution in [3.63, 3.8) is 0 Å². The van der Waals surface area contributed by atoms with Gasteiger partial charge in [0.15, 0.2) is 23.4 Å². The summed E-state index contributed by atoms with van der Waals surface area (Å²) in [5.41, 5.74) is 2.35. The molecule has 124 valence electrons. The largest absolute Gasteiger partial charge is 0.493 e. The van der Waals surface area contributed by atoms with Gasteiger partial charge in [-0.2, -0.15) is 0 Å². The quantitative estimate of drug-likeness (QED) is 0.675. The number of nitrogens with zero attached hydrogens (tertiary/aromatic N) is 1. The average Bonchev–Trinajstić information content (AvgIpc) is 2.63. The number of hydrogen-bond acceptors (Lipinski definition) is 3. The second-order valence-electron chi connectivity index (χ2n) is 5.67.